The van der Waals surface area contributed by atoms with E-state index < -0.39 is 23.2 Å². The number of benzene rings is 2. The second-order valence-electron chi connectivity index (χ2n) is 7.69. The molecule has 6 nitrogen and oxygen atoms in total. The Kier molecular flexibility index (Phi) is 5.43. The molecule has 9 heteroatoms. The number of nitrogens with zero attached hydrogens (tertiary/aromatic N) is 1. The normalized spacial score (nSPS) is 14.7. The van der Waals surface area contributed by atoms with Crippen molar-refractivity contribution in [3.63, 3.8) is 0 Å². The number of hydrogen-bond acceptors (Lipinski definition) is 3. The average molecular weight is 430 g/mol. The van der Waals surface area contributed by atoms with Crippen molar-refractivity contribution >= 4 is 28.5 Å². The average Bonchev–Trinajstić information content (AvgIpc) is 3.35. The number of fused-ring (bicyclic) bond motifs is 1. The number of aromatic nitrogens is 2. The molecule has 0 saturated heterocycles. The molecule has 4 rings (SSSR count). The number of H-pyrrole nitrogens is 1. The molecule has 0 aliphatic heterocycles. The summed E-state index contributed by atoms with van der Waals surface area (Å²) in [7, 11) is 0. The monoisotopic (exact) mass is 430 g/mol. The lowest BCUT2D eigenvalue weighted by molar-refractivity contribution is -0.137. The summed E-state index contributed by atoms with van der Waals surface area (Å²) in [6, 6.07) is 7.65. The van der Waals surface area contributed by atoms with Crippen LogP contribution >= 0.6 is 0 Å². The number of nitrogens with one attached hydrogen (secondary N) is 3. The van der Waals surface area contributed by atoms with Crippen LogP contribution in [-0.2, 0) is 6.18 Å². The maximum absolute atomic E-state index is 13.3. The van der Waals surface area contributed by atoms with Gasteiger partial charge >= 0.3 is 6.18 Å². The van der Waals surface area contributed by atoms with Crippen molar-refractivity contribution in [3.05, 3.63) is 58.9 Å². The zero-order valence-corrected chi connectivity index (χ0v) is 16.8. The number of carbonyl (C=O) groups excluding carboxylic acids is 2. The molecule has 0 spiro atoms. The number of aromatic amines is 1. The van der Waals surface area contributed by atoms with E-state index in [2.05, 4.69) is 20.6 Å². The SMILES string of the molecule is Cc1nc2c(C(=O)NC3CCCC3)cc(NC(=O)c3ccccc3C(F)(F)F)cc2[nH]1. The van der Waals surface area contributed by atoms with Crippen molar-refractivity contribution in [1.29, 1.82) is 0 Å². The minimum absolute atomic E-state index is 0.0829. The minimum atomic E-state index is -4.66. The molecular formula is C22H21F3N4O2. The van der Waals surface area contributed by atoms with Gasteiger partial charge in [-0.3, -0.25) is 9.59 Å². The third-order valence-electron chi connectivity index (χ3n) is 5.37. The molecule has 3 aromatic rings. The van der Waals surface area contributed by atoms with Gasteiger partial charge in [-0.25, -0.2) is 4.98 Å². The van der Waals surface area contributed by atoms with Gasteiger partial charge in [0.15, 0.2) is 0 Å². The Labute approximate surface area is 176 Å². The van der Waals surface area contributed by atoms with Crippen molar-refractivity contribution in [2.45, 2.75) is 44.8 Å². The summed E-state index contributed by atoms with van der Waals surface area (Å²) in [6.07, 6.45) is -0.754. The summed E-state index contributed by atoms with van der Waals surface area (Å²) in [5, 5.41) is 5.48. The zero-order valence-electron chi connectivity index (χ0n) is 16.8. The van der Waals surface area contributed by atoms with Gasteiger partial charge in [-0.15, -0.1) is 0 Å². The van der Waals surface area contributed by atoms with Gasteiger partial charge in [0, 0.05) is 11.7 Å². The van der Waals surface area contributed by atoms with E-state index in [1.54, 1.807) is 13.0 Å². The van der Waals surface area contributed by atoms with Crippen LogP contribution in [0.4, 0.5) is 18.9 Å². The van der Waals surface area contributed by atoms with E-state index in [1.165, 1.54) is 18.2 Å². The van der Waals surface area contributed by atoms with Gasteiger partial charge < -0.3 is 15.6 Å². The van der Waals surface area contributed by atoms with Crippen LogP contribution in [0.3, 0.4) is 0 Å². The van der Waals surface area contributed by atoms with Crippen LogP contribution in [0.15, 0.2) is 36.4 Å². The van der Waals surface area contributed by atoms with Crippen molar-refractivity contribution in [3.8, 4) is 0 Å². The molecule has 2 amide bonds. The van der Waals surface area contributed by atoms with Gasteiger partial charge in [-0.1, -0.05) is 25.0 Å². The fourth-order valence-corrected chi connectivity index (χ4v) is 3.95. The predicted molar refractivity (Wildman–Crippen MR) is 110 cm³/mol. The molecule has 1 aliphatic carbocycles. The number of aryl methyl sites for hydroxylation is 1. The van der Waals surface area contributed by atoms with Crippen LogP contribution < -0.4 is 10.6 Å². The van der Waals surface area contributed by atoms with E-state index in [1.807, 2.05) is 0 Å². The van der Waals surface area contributed by atoms with Crippen LogP contribution in [0, 0.1) is 6.92 Å². The first kappa shape index (κ1) is 20.9. The van der Waals surface area contributed by atoms with Gasteiger partial charge in [0.2, 0.25) is 0 Å². The molecule has 1 saturated carbocycles. The van der Waals surface area contributed by atoms with E-state index in [0.29, 0.717) is 16.9 Å². The molecule has 0 radical (unpaired) electrons. The Morgan fingerprint density at radius 3 is 2.48 bits per heavy atom. The van der Waals surface area contributed by atoms with Crippen molar-refractivity contribution in [2.24, 2.45) is 0 Å². The maximum atomic E-state index is 13.3. The molecule has 3 N–H and O–H groups in total. The van der Waals surface area contributed by atoms with E-state index in [-0.39, 0.29) is 23.2 Å². The minimum Gasteiger partial charge on any atom is -0.349 e. The fraction of sp³-hybridized carbons (Fsp3) is 0.318. The largest absolute Gasteiger partial charge is 0.417 e. The molecule has 0 unspecified atom stereocenters. The number of rotatable bonds is 4. The van der Waals surface area contributed by atoms with Crippen molar-refractivity contribution < 1.29 is 22.8 Å². The first-order chi connectivity index (χ1) is 14.7. The lowest BCUT2D eigenvalue weighted by atomic mass is 10.1. The summed E-state index contributed by atoms with van der Waals surface area (Å²) in [4.78, 5) is 32.9. The molecule has 1 aliphatic rings. The Morgan fingerprint density at radius 2 is 1.77 bits per heavy atom. The fourth-order valence-electron chi connectivity index (χ4n) is 3.95. The van der Waals surface area contributed by atoms with Crippen LogP contribution in [-0.4, -0.2) is 27.8 Å². The van der Waals surface area contributed by atoms with E-state index in [9.17, 15) is 22.8 Å². The highest BCUT2D eigenvalue weighted by Crippen LogP contribution is 2.32. The van der Waals surface area contributed by atoms with Gasteiger partial charge in [-0.05, 0) is 44.0 Å². The molecular weight excluding hydrogens is 409 g/mol. The van der Waals surface area contributed by atoms with Crippen LogP contribution in [0.1, 0.15) is 57.8 Å². The topological polar surface area (TPSA) is 86.9 Å². The van der Waals surface area contributed by atoms with E-state index in [0.717, 1.165) is 37.8 Å². The lowest BCUT2D eigenvalue weighted by Crippen LogP contribution is -2.32. The first-order valence-electron chi connectivity index (χ1n) is 10.0. The summed E-state index contributed by atoms with van der Waals surface area (Å²) >= 11 is 0. The van der Waals surface area contributed by atoms with E-state index in [4.69, 9.17) is 0 Å². The third-order valence-corrected chi connectivity index (χ3v) is 5.37. The van der Waals surface area contributed by atoms with Gasteiger partial charge in [0.1, 0.15) is 11.3 Å². The number of hydrogen-bond donors (Lipinski definition) is 3. The number of halogens is 3. The third kappa shape index (κ3) is 4.40. The standard InChI is InChI=1S/C22H21F3N4O2/c1-12-26-18-11-14(29-20(30)15-8-4-5-9-17(15)22(23,24)25)10-16(19(18)27-12)21(31)28-13-6-2-3-7-13/h4-5,8-11,13H,2-3,6-7H2,1H3,(H,26,27)(H,28,31)(H,29,30). The quantitative estimate of drug-likeness (QED) is 0.555. The number of imidazole rings is 1. The molecule has 31 heavy (non-hydrogen) atoms. The van der Waals surface area contributed by atoms with Gasteiger partial charge in [0.05, 0.1) is 22.2 Å². The lowest BCUT2D eigenvalue weighted by Gasteiger charge is -2.15. The number of alkyl halides is 3. The Balaban J connectivity index is 1.67. The number of anilines is 1. The summed E-state index contributed by atoms with van der Waals surface area (Å²) < 4.78 is 39.8. The zero-order chi connectivity index (χ0) is 22.2. The maximum Gasteiger partial charge on any atom is 0.417 e. The van der Waals surface area contributed by atoms with Crippen LogP contribution in [0.5, 0.6) is 0 Å². The number of carbonyl (C=O) groups is 2. The molecule has 162 valence electrons. The summed E-state index contributed by atoms with van der Waals surface area (Å²) in [5.74, 6) is -0.656. The highest BCUT2D eigenvalue weighted by atomic mass is 19.4. The Morgan fingerprint density at radius 1 is 1.06 bits per heavy atom. The van der Waals surface area contributed by atoms with Crippen LogP contribution in [0.25, 0.3) is 11.0 Å². The van der Waals surface area contributed by atoms with Gasteiger partial charge in [0.25, 0.3) is 11.8 Å². The highest BCUT2D eigenvalue weighted by Gasteiger charge is 2.35. The Hall–Kier alpha value is -3.36. The highest BCUT2D eigenvalue weighted by molar-refractivity contribution is 6.10. The Bertz CT molecular complexity index is 1150. The second kappa shape index (κ2) is 8.05. The summed E-state index contributed by atoms with van der Waals surface area (Å²) in [5.41, 5.74) is -0.0986. The molecule has 1 fully saturated rings. The smallest absolute Gasteiger partial charge is 0.349 e. The molecule has 1 heterocycles. The first-order valence-corrected chi connectivity index (χ1v) is 10.0. The molecule has 2 aromatic carbocycles. The second-order valence-corrected chi connectivity index (χ2v) is 7.69. The van der Waals surface area contributed by atoms with Crippen LogP contribution in [0.2, 0.25) is 0 Å². The molecule has 0 atom stereocenters. The van der Waals surface area contributed by atoms with Gasteiger partial charge in [-0.2, -0.15) is 13.2 Å². The predicted octanol–water partition coefficient (Wildman–Crippen LogP) is 4.81. The number of amides is 2. The molecule has 0 bridgehead atoms. The van der Waals surface area contributed by atoms with E-state index >= 15 is 0 Å². The van der Waals surface area contributed by atoms with Crippen molar-refractivity contribution in [2.75, 3.05) is 5.32 Å². The molecule has 1 aromatic heterocycles. The van der Waals surface area contributed by atoms with Crippen molar-refractivity contribution in [1.82, 2.24) is 15.3 Å². The summed E-state index contributed by atoms with van der Waals surface area (Å²) in [6.45, 7) is 1.73.